The van der Waals surface area contributed by atoms with Gasteiger partial charge in [0.15, 0.2) is 11.6 Å². The maximum absolute atomic E-state index is 13.3. The molecule has 30 heavy (non-hydrogen) atoms. The van der Waals surface area contributed by atoms with E-state index in [0.717, 1.165) is 23.5 Å². The van der Waals surface area contributed by atoms with E-state index in [1.165, 1.54) is 22.5 Å². The quantitative estimate of drug-likeness (QED) is 0.641. The molecule has 4 rings (SSSR count). The lowest BCUT2D eigenvalue weighted by molar-refractivity contribution is 0.102. The molecule has 0 radical (unpaired) electrons. The van der Waals surface area contributed by atoms with E-state index in [2.05, 4.69) is 15.5 Å². The number of halogens is 2. The summed E-state index contributed by atoms with van der Waals surface area (Å²) >= 11 is 0.972. The van der Waals surface area contributed by atoms with Crippen LogP contribution >= 0.6 is 11.3 Å². The fourth-order valence-electron chi connectivity index (χ4n) is 3.22. The van der Waals surface area contributed by atoms with Crippen LogP contribution in [0.4, 0.5) is 14.5 Å². The molecule has 2 aromatic carbocycles. The van der Waals surface area contributed by atoms with Crippen LogP contribution in [0.1, 0.15) is 33.7 Å². The average Bonchev–Trinajstić information content (AvgIpc) is 3.41. The number of carbonyl (C=O) groups excluding carboxylic acids is 1. The van der Waals surface area contributed by atoms with Gasteiger partial charge in [-0.1, -0.05) is 29.5 Å². The van der Waals surface area contributed by atoms with Gasteiger partial charge in [-0.3, -0.25) is 4.79 Å². The van der Waals surface area contributed by atoms with Gasteiger partial charge in [-0.05, 0) is 37.1 Å². The minimum Gasteiger partial charge on any atom is -0.320 e. The summed E-state index contributed by atoms with van der Waals surface area (Å²) in [6.45, 7) is 0.345. The lowest BCUT2D eigenvalue weighted by Gasteiger charge is -2.22. The third-order valence-corrected chi connectivity index (χ3v) is 7.60. The van der Waals surface area contributed by atoms with Gasteiger partial charge >= 0.3 is 0 Å². The largest absolute Gasteiger partial charge is 0.320 e. The number of rotatable bonds is 5. The first kappa shape index (κ1) is 20.5. The Bertz CT molecular complexity index is 1190. The number of aromatic nitrogens is 2. The van der Waals surface area contributed by atoms with Crippen LogP contribution in [0.15, 0.2) is 53.4 Å². The van der Waals surface area contributed by atoms with Gasteiger partial charge in [-0.2, -0.15) is 4.31 Å². The van der Waals surface area contributed by atoms with Gasteiger partial charge in [0.2, 0.25) is 15.0 Å². The molecule has 1 atom stereocenters. The van der Waals surface area contributed by atoms with Crippen molar-refractivity contribution in [1.29, 1.82) is 0 Å². The summed E-state index contributed by atoms with van der Waals surface area (Å²) in [5.74, 6) is -2.74. The second kappa shape index (κ2) is 8.17. The maximum Gasteiger partial charge on any atom is 0.286 e. The minimum absolute atomic E-state index is 0.00121. The molecule has 1 fully saturated rings. The van der Waals surface area contributed by atoms with Crippen LogP contribution in [0.2, 0.25) is 0 Å². The van der Waals surface area contributed by atoms with E-state index in [-0.39, 0.29) is 15.6 Å². The van der Waals surface area contributed by atoms with E-state index in [0.29, 0.717) is 24.4 Å². The molecule has 0 bridgehead atoms. The molecule has 1 aliphatic rings. The van der Waals surface area contributed by atoms with E-state index < -0.39 is 33.6 Å². The zero-order chi connectivity index (χ0) is 21.3. The van der Waals surface area contributed by atoms with Crippen LogP contribution in [0, 0.1) is 11.6 Å². The smallest absolute Gasteiger partial charge is 0.286 e. The summed E-state index contributed by atoms with van der Waals surface area (Å²) in [4.78, 5) is 12.6. The van der Waals surface area contributed by atoms with Crippen molar-refractivity contribution in [2.45, 2.75) is 23.8 Å². The van der Waals surface area contributed by atoms with Gasteiger partial charge in [0, 0.05) is 18.3 Å². The monoisotopic (exact) mass is 450 g/mol. The number of sulfonamides is 1. The first-order chi connectivity index (χ1) is 14.4. The third kappa shape index (κ3) is 3.95. The van der Waals surface area contributed by atoms with Crippen molar-refractivity contribution < 1.29 is 22.0 Å². The highest BCUT2D eigenvalue weighted by molar-refractivity contribution is 7.89. The van der Waals surface area contributed by atoms with Gasteiger partial charge in [0.25, 0.3) is 5.91 Å². The molecule has 2 heterocycles. The summed E-state index contributed by atoms with van der Waals surface area (Å²) in [5, 5.41) is 10.7. The molecule has 11 heteroatoms. The Morgan fingerprint density at radius 2 is 1.87 bits per heavy atom. The molecular weight excluding hydrogens is 434 g/mol. The number of amides is 1. The van der Waals surface area contributed by atoms with Crippen molar-refractivity contribution in [3.8, 4) is 0 Å². The molecule has 1 saturated heterocycles. The average molecular weight is 450 g/mol. The van der Waals surface area contributed by atoms with Gasteiger partial charge in [0.05, 0.1) is 10.9 Å². The first-order valence-electron chi connectivity index (χ1n) is 9.03. The molecular formula is C19H16F2N4O3S2. The number of carbonyl (C=O) groups is 1. The summed E-state index contributed by atoms with van der Waals surface area (Å²) in [5.41, 5.74) is 0.0739. The van der Waals surface area contributed by atoms with E-state index in [9.17, 15) is 22.0 Å². The number of nitrogens with zero attached hydrogens (tertiary/aromatic N) is 3. The van der Waals surface area contributed by atoms with E-state index in [1.54, 1.807) is 18.2 Å². The van der Waals surface area contributed by atoms with Gasteiger partial charge in [-0.25, -0.2) is 17.2 Å². The Balaban J connectivity index is 1.54. The van der Waals surface area contributed by atoms with Crippen LogP contribution in [-0.2, 0) is 10.0 Å². The van der Waals surface area contributed by atoms with Crippen molar-refractivity contribution in [3.63, 3.8) is 0 Å². The molecule has 3 aromatic rings. The van der Waals surface area contributed by atoms with Crippen LogP contribution in [0.3, 0.4) is 0 Å². The topological polar surface area (TPSA) is 92.3 Å². The van der Waals surface area contributed by atoms with Crippen LogP contribution in [-0.4, -0.2) is 35.4 Å². The van der Waals surface area contributed by atoms with Crippen molar-refractivity contribution in [1.82, 2.24) is 14.5 Å². The Morgan fingerprint density at radius 3 is 2.60 bits per heavy atom. The predicted octanol–water partition coefficient (Wildman–Crippen LogP) is 3.59. The highest BCUT2D eigenvalue weighted by atomic mass is 32.2. The summed E-state index contributed by atoms with van der Waals surface area (Å²) in [6.07, 6.45) is 1.22. The normalized spacial score (nSPS) is 17.2. The number of hydrogen-bond donors (Lipinski definition) is 1. The molecule has 0 spiro atoms. The Labute approximate surface area is 175 Å². The van der Waals surface area contributed by atoms with Gasteiger partial charge < -0.3 is 5.32 Å². The van der Waals surface area contributed by atoms with Gasteiger partial charge in [-0.15, -0.1) is 10.2 Å². The molecule has 1 aromatic heterocycles. The number of hydrogen-bond acceptors (Lipinski definition) is 6. The lowest BCUT2D eigenvalue weighted by atomic mass is 10.2. The maximum atomic E-state index is 13.3. The van der Waals surface area contributed by atoms with Crippen molar-refractivity contribution >= 4 is 33.0 Å². The fraction of sp³-hybridized carbons (Fsp3) is 0.211. The molecule has 1 aliphatic heterocycles. The standard InChI is InChI=1S/C19H16F2N4O3S2/c20-14-9-8-12(11-15(14)21)22-17(26)19-24-23-18(29-19)16-7-4-10-25(16)30(27,28)13-5-2-1-3-6-13/h1-3,5-6,8-9,11,16H,4,7,10H2,(H,22,26)/t16-/m0/s1. The number of nitrogens with one attached hydrogen (secondary N) is 1. The second-order valence-electron chi connectivity index (χ2n) is 6.62. The van der Waals surface area contributed by atoms with E-state index in [1.807, 2.05) is 0 Å². The molecule has 1 N–H and O–H groups in total. The van der Waals surface area contributed by atoms with Crippen molar-refractivity contribution in [2.75, 3.05) is 11.9 Å². The molecule has 156 valence electrons. The zero-order valence-electron chi connectivity index (χ0n) is 15.5. The second-order valence-corrected chi connectivity index (χ2v) is 9.51. The molecule has 1 amide bonds. The molecule has 0 saturated carbocycles. The third-order valence-electron chi connectivity index (χ3n) is 4.65. The minimum atomic E-state index is -3.71. The first-order valence-corrected chi connectivity index (χ1v) is 11.3. The zero-order valence-corrected chi connectivity index (χ0v) is 17.1. The summed E-state index contributed by atoms with van der Waals surface area (Å²) in [6, 6.07) is 10.6. The Kier molecular flexibility index (Phi) is 5.58. The summed E-state index contributed by atoms with van der Waals surface area (Å²) in [7, 11) is -3.71. The van der Waals surface area contributed by atoms with Crippen LogP contribution in [0.5, 0.6) is 0 Å². The Hall–Kier alpha value is -2.76. The van der Waals surface area contributed by atoms with Crippen LogP contribution in [0.25, 0.3) is 0 Å². The predicted molar refractivity (Wildman–Crippen MR) is 107 cm³/mol. The van der Waals surface area contributed by atoms with Crippen molar-refractivity contribution in [3.05, 3.63) is 70.2 Å². The van der Waals surface area contributed by atoms with E-state index in [4.69, 9.17) is 0 Å². The highest BCUT2D eigenvalue weighted by Crippen LogP contribution is 2.37. The Morgan fingerprint density at radius 1 is 1.10 bits per heavy atom. The fourth-order valence-corrected chi connectivity index (χ4v) is 5.86. The molecule has 0 aliphatic carbocycles. The molecule has 7 nitrogen and oxygen atoms in total. The molecule has 0 unspecified atom stereocenters. The summed E-state index contributed by atoms with van der Waals surface area (Å²) < 4.78 is 53.7. The number of anilines is 1. The van der Waals surface area contributed by atoms with Crippen LogP contribution < -0.4 is 5.32 Å². The number of benzene rings is 2. The van der Waals surface area contributed by atoms with E-state index >= 15 is 0 Å². The van der Waals surface area contributed by atoms with Crippen molar-refractivity contribution in [2.24, 2.45) is 0 Å². The van der Waals surface area contributed by atoms with Gasteiger partial charge in [0.1, 0.15) is 5.01 Å². The lowest BCUT2D eigenvalue weighted by Crippen LogP contribution is -2.30. The SMILES string of the molecule is O=C(Nc1ccc(F)c(F)c1)c1nnc([C@@H]2CCCN2S(=O)(=O)c2ccccc2)s1. The highest BCUT2D eigenvalue weighted by Gasteiger charge is 2.38.